The van der Waals surface area contributed by atoms with Crippen molar-refractivity contribution in [1.82, 2.24) is 13.9 Å². The van der Waals surface area contributed by atoms with E-state index < -0.39 is 21.8 Å². The molecule has 0 radical (unpaired) electrons. The second kappa shape index (κ2) is 8.88. The maximum atomic E-state index is 14.4. The SMILES string of the molecule is CN(C)S(=O)(=O)N[C@@H]1CCCN(C(=O)[C@@H]2C[C@H]2c2ccccc2-c2c(F)cccc2F)C1. The molecule has 4 rings (SSSR count). The second-order valence-corrected chi connectivity index (χ2v) is 10.6. The molecule has 1 heterocycles. The summed E-state index contributed by atoms with van der Waals surface area (Å²) >= 11 is 0. The maximum absolute atomic E-state index is 14.4. The molecule has 1 amide bonds. The average Bonchev–Trinajstić information content (AvgIpc) is 3.54. The van der Waals surface area contributed by atoms with Gasteiger partial charge in [0, 0.05) is 39.1 Å². The lowest BCUT2D eigenvalue weighted by atomic mass is 9.95. The predicted molar refractivity (Wildman–Crippen MR) is 118 cm³/mol. The van der Waals surface area contributed by atoms with Crippen LogP contribution in [0.5, 0.6) is 0 Å². The lowest BCUT2D eigenvalue weighted by Crippen LogP contribution is -2.52. The number of amides is 1. The van der Waals surface area contributed by atoms with E-state index in [-0.39, 0.29) is 29.3 Å². The Kier molecular flexibility index (Phi) is 6.33. The molecule has 0 unspecified atom stereocenters. The van der Waals surface area contributed by atoms with Gasteiger partial charge in [0.05, 0.1) is 5.56 Å². The molecule has 172 valence electrons. The van der Waals surface area contributed by atoms with E-state index in [0.29, 0.717) is 37.9 Å². The minimum atomic E-state index is -3.58. The number of piperidine rings is 1. The van der Waals surface area contributed by atoms with Gasteiger partial charge in [-0.05, 0) is 48.4 Å². The van der Waals surface area contributed by atoms with E-state index in [4.69, 9.17) is 0 Å². The third-order valence-corrected chi connectivity index (χ3v) is 7.82. The Hall–Kier alpha value is -2.36. The Bertz CT molecular complexity index is 1100. The van der Waals surface area contributed by atoms with Crippen molar-refractivity contribution < 1.29 is 22.0 Å². The van der Waals surface area contributed by atoms with Crippen LogP contribution in [0.15, 0.2) is 42.5 Å². The lowest BCUT2D eigenvalue weighted by molar-refractivity contribution is -0.133. The van der Waals surface area contributed by atoms with E-state index in [1.54, 1.807) is 17.0 Å². The highest BCUT2D eigenvalue weighted by atomic mass is 32.2. The zero-order chi connectivity index (χ0) is 23.0. The van der Waals surface area contributed by atoms with Crippen molar-refractivity contribution >= 4 is 16.1 Å². The lowest BCUT2D eigenvalue weighted by Gasteiger charge is -2.33. The van der Waals surface area contributed by atoms with E-state index in [9.17, 15) is 22.0 Å². The minimum Gasteiger partial charge on any atom is -0.341 e. The predicted octanol–water partition coefficient (Wildman–Crippen LogP) is 3.12. The first-order valence-corrected chi connectivity index (χ1v) is 12.1. The molecule has 1 aliphatic heterocycles. The van der Waals surface area contributed by atoms with Crippen LogP contribution in [0.25, 0.3) is 11.1 Å². The Morgan fingerprint density at radius 2 is 1.78 bits per heavy atom. The Morgan fingerprint density at radius 1 is 1.09 bits per heavy atom. The Labute approximate surface area is 187 Å². The van der Waals surface area contributed by atoms with Crippen molar-refractivity contribution in [3.8, 4) is 11.1 Å². The fourth-order valence-corrected chi connectivity index (χ4v) is 5.26. The van der Waals surface area contributed by atoms with Gasteiger partial charge < -0.3 is 4.90 Å². The van der Waals surface area contributed by atoms with Crippen molar-refractivity contribution in [2.45, 2.75) is 31.2 Å². The molecule has 32 heavy (non-hydrogen) atoms. The van der Waals surface area contributed by atoms with Crippen molar-refractivity contribution in [1.29, 1.82) is 0 Å². The maximum Gasteiger partial charge on any atom is 0.279 e. The molecule has 2 aromatic rings. The monoisotopic (exact) mass is 463 g/mol. The summed E-state index contributed by atoms with van der Waals surface area (Å²) in [5.41, 5.74) is 1.16. The van der Waals surface area contributed by atoms with Crippen LogP contribution < -0.4 is 4.72 Å². The van der Waals surface area contributed by atoms with Gasteiger partial charge in [0.1, 0.15) is 11.6 Å². The number of carbonyl (C=O) groups is 1. The number of carbonyl (C=O) groups excluding carboxylic acids is 1. The summed E-state index contributed by atoms with van der Waals surface area (Å²) in [5, 5.41) is 0. The number of hydrogen-bond acceptors (Lipinski definition) is 3. The number of nitrogens with zero attached hydrogens (tertiary/aromatic N) is 2. The number of benzene rings is 2. The van der Waals surface area contributed by atoms with E-state index in [1.807, 2.05) is 12.1 Å². The molecule has 2 aromatic carbocycles. The van der Waals surface area contributed by atoms with Gasteiger partial charge in [-0.2, -0.15) is 17.4 Å². The number of rotatable bonds is 6. The van der Waals surface area contributed by atoms with Crippen LogP contribution in [-0.2, 0) is 15.0 Å². The average molecular weight is 464 g/mol. The summed E-state index contributed by atoms with van der Waals surface area (Å²) in [5.74, 6) is -1.68. The van der Waals surface area contributed by atoms with Crippen molar-refractivity contribution in [2.24, 2.45) is 5.92 Å². The molecular weight excluding hydrogens is 436 g/mol. The Morgan fingerprint density at radius 3 is 2.47 bits per heavy atom. The molecule has 1 saturated carbocycles. The van der Waals surface area contributed by atoms with E-state index in [1.165, 1.54) is 32.3 Å². The number of hydrogen-bond donors (Lipinski definition) is 1. The van der Waals surface area contributed by atoms with Gasteiger partial charge in [-0.15, -0.1) is 0 Å². The fraction of sp³-hybridized carbons (Fsp3) is 0.435. The minimum absolute atomic E-state index is 0.0347. The van der Waals surface area contributed by atoms with E-state index >= 15 is 0 Å². The van der Waals surface area contributed by atoms with Gasteiger partial charge in [0.2, 0.25) is 5.91 Å². The largest absolute Gasteiger partial charge is 0.341 e. The topological polar surface area (TPSA) is 69.7 Å². The molecule has 0 aromatic heterocycles. The summed E-state index contributed by atoms with van der Waals surface area (Å²) in [6.07, 6.45) is 1.98. The summed E-state index contributed by atoms with van der Waals surface area (Å²) in [7, 11) is -0.661. The van der Waals surface area contributed by atoms with Crippen LogP contribution in [0.2, 0.25) is 0 Å². The van der Waals surface area contributed by atoms with Crippen molar-refractivity contribution in [2.75, 3.05) is 27.2 Å². The normalized spacial score (nSPS) is 23.4. The van der Waals surface area contributed by atoms with Gasteiger partial charge in [-0.1, -0.05) is 30.3 Å². The highest BCUT2D eigenvalue weighted by molar-refractivity contribution is 7.87. The van der Waals surface area contributed by atoms with Gasteiger partial charge in [0.15, 0.2) is 0 Å². The quantitative estimate of drug-likeness (QED) is 0.716. The fourth-order valence-electron chi connectivity index (χ4n) is 4.44. The molecule has 1 saturated heterocycles. The van der Waals surface area contributed by atoms with Crippen LogP contribution in [0.3, 0.4) is 0 Å². The van der Waals surface area contributed by atoms with Gasteiger partial charge in [-0.25, -0.2) is 8.78 Å². The van der Waals surface area contributed by atoms with Crippen LogP contribution in [0.1, 0.15) is 30.7 Å². The third-order valence-electron chi connectivity index (χ3n) is 6.23. The first kappa shape index (κ1) is 22.8. The second-order valence-electron chi connectivity index (χ2n) is 8.66. The van der Waals surface area contributed by atoms with E-state index in [2.05, 4.69) is 4.72 Å². The van der Waals surface area contributed by atoms with Crippen LogP contribution in [0.4, 0.5) is 8.78 Å². The molecule has 0 bridgehead atoms. The molecule has 2 fully saturated rings. The van der Waals surface area contributed by atoms with Crippen LogP contribution >= 0.6 is 0 Å². The number of halogens is 2. The molecule has 9 heteroatoms. The first-order chi connectivity index (χ1) is 15.2. The Balaban J connectivity index is 1.49. The zero-order valence-corrected chi connectivity index (χ0v) is 18.9. The molecule has 6 nitrogen and oxygen atoms in total. The number of nitrogens with one attached hydrogen (secondary N) is 1. The van der Waals surface area contributed by atoms with Crippen molar-refractivity contribution in [3.05, 3.63) is 59.7 Å². The highest BCUT2D eigenvalue weighted by Gasteiger charge is 2.47. The first-order valence-electron chi connectivity index (χ1n) is 10.7. The third kappa shape index (κ3) is 4.55. The summed E-state index contributed by atoms with van der Waals surface area (Å²) in [6, 6.07) is 10.5. The van der Waals surface area contributed by atoms with Gasteiger partial charge >= 0.3 is 0 Å². The number of likely N-dealkylation sites (tertiary alicyclic amines) is 1. The summed E-state index contributed by atoms with van der Waals surface area (Å²) in [4.78, 5) is 14.9. The highest BCUT2D eigenvalue weighted by Crippen LogP contribution is 2.51. The van der Waals surface area contributed by atoms with E-state index in [0.717, 1.165) is 9.87 Å². The van der Waals surface area contributed by atoms with Crippen LogP contribution in [-0.4, -0.2) is 56.8 Å². The molecule has 1 aliphatic carbocycles. The van der Waals surface area contributed by atoms with Gasteiger partial charge in [-0.3, -0.25) is 4.79 Å². The summed E-state index contributed by atoms with van der Waals surface area (Å²) in [6.45, 7) is 0.893. The molecule has 3 atom stereocenters. The smallest absolute Gasteiger partial charge is 0.279 e. The molecular formula is C23H27F2N3O3S. The molecule has 1 N–H and O–H groups in total. The summed E-state index contributed by atoms with van der Waals surface area (Å²) < 4.78 is 56.8. The standard InChI is InChI=1S/C23H27F2N3O3S/c1-27(2)32(30,31)26-15-7-6-12-28(14-15)23(29)19-13-18(19)16-8-3-4-9-17(16)22-20(24)10-5-11-21(22)25/h3-5,8-11,15,18-19,26H,6-7,12-14H2,1-2H3/t15-,18+,19-/m1/s1. The van der Waals surface area contributed by atoms with Crippen LogP contribution in [0, 0.1) is 17.6 Å². The van der Waals surface area contributed by atoms with Crippen molar-refractivity contribution in [3.63, 3.8) is 0 Å². The van der Waals surface area contributed by atoms with Gasteiger partial charge in [0.25, 0.3) is 10.2 Å². The zero-order valence-electron chi connectivity index (χ0n) is 18.1. The molecule has 0 spiro atoms. The molecule has 2 aliphatic rings.